The molecule has 0 radical (unpaired) electrons. The minimum Gasteiger partial charge on any atom is -0.492 e. The van der Waals surface area contributed by atoms with Gasteiger partial charge in [0.15, 0.2) is 79.1 Å². The first-order valence-electron chi connectivity index (χ1n) is 42.3. The third-order valence-electron chi connectivity index (χ3n) is 22.0. The van der Waals surface area contributed by atoms with Gasteiger partial charge in [-0.15, -0.1) is 0 Å². The number of ether oxygens (including phenoxy) is 13. The van der Waals surface area contributed by atoms with E-state index in [2.05, 4.69) is 80.7 Å². The Morgan fingerprint density at radius 2 is 1.27 bits per heavy atom. The lowest BCUT2D eigenvalue weighted by atomic mass is 9.85. The number of amides is 6. The number of phosphoric ester groups is 1. The van der Waals surface area contributed by atoms with Crippen molar-refractivity contribution < 1.29 is 179 Å². The number of primary amides is 2. The van der Waals surface area contributed by atoms with Gasteiger partial charge in [-0.25, -0.2) is 18.9 Å². The molecule has 6 aliphatic rings. The Morgan fingerprint density at radius 1 is 0.690 bits per heavy atom. The molecule has 43 nitrogen and oxygen atoms in total. The van der Waals surface area contributed by atoms with Crippen LogP contribution in [0.25, 0.3) is 6.08 Å². The third-order valence-corrected chi connectivity index (χ3v) is 23.0. The van der Waals surface area contributed by atoms with Gasteiger partial charge in [-0.05, 0) is 130 Å². The first-order valence-corrected chi connectivity index (χ1v) is 43.8. The van der Waals surface area contributed by atoms with E-state index in [1.54, 1.807) is 58.0 Å². The van der Waals surface area contributed by atoms with Crippen LogP contribution >= 0.6 is 7.82 Å². The van der Waals surface area contributed by atoms with Crippen LogP contribution in [0.5, 0.6) is 5.75 Å². The molecule has 1 unspecified atom stereocenters. The van der Waals surface area contributed by atoms with E-state index in [-0.39, 0.29) is 38.0 Å². The largest absolute Gasteiger partial charge is 0.492 e. The van der Waals surface area contributed by atoms with Crippen molar-refractivity contribution in [1.29, 1.82) is 0 Å². The number of allylic oxidation sites excluding steroid dienone is 8. The highest BCUT2D eigenvalue weighted by Gasteiger charge is 2.63. The van der Waals surface area contributed by atoms with Crippen molar-refractivity contribution in [2.45, 2.75) is 324 Å². The maximum absolute atomic E-state index is 14.4. The molecule has 6 amide bonds. The van der Waals surface area contributed by atoms with Crippen molar-refractivity contribution in [1.82, 2.24) is 21.3 Å². The second-order valence-corrected chi connectivity index (χ2v) is 36.2. The molecule has 5 aliphatic heterocycles. The summed E-state index contributed by atoms with van der Waals surface area (Å²) in [6.45, 7) is 22.0. The molecule has 20 N–H and O–H groups in total. The molecule has 27 atom stereocenters. The zero-order valence-corrected chi connectivity index (χ0v) is 75.4. The lowest BCUT2D eigenvalue weighted by molar-refractivity contribution is -0.375. The van der Waals surface area contributed by atoms with Crippen LogP contribution < -0.4 is 37.5 Å². The Bertz CT molecular complexity index is 4170. The first kappa shape index (κ1) is 108. The van der Waals surface area contributed by atoms with E-state index in [4.69, 9.17) is 82.1 Å². The highest BCUT2D eigenvalue weighted by atomic mass is 31.2. The van der Waals surface area contributed by atoms with E-state index in [0.29, 0.717) is 24.2 Å². The molecule has 44 heteroatoms. The molecule has 726 valence electrons. The summed E-state index contributed by atoms with van der Waals surface area (Å²) in [6, 6.07) is 2.40. The van der Waals surface area contributed by atoms with Gasteiger partial charge in [0, 0.05) is 33.1 Å². The number of ketones is 2. The number of hydrogen-bond acceptors (Lipinski definition) is 35. The number of benzene rings is 1. The maximum Gasteiger partial charge on any atom is 0.474 e. The SMILES string of the molecule is C=C(C/C=C(\C)CCC=C(C)C)CCC(C)(C)/C=C/CC/C(C)=C\CO[C@H](COP(=O)(O)O[C@H]1O[C@H](C(N)=O)[C@@](C)(O)[C@H](OC(N)=O)[C@H]1O[C@@H]1O[C@H](CO[C@@H]2O[C@H](CO)[C@@H](O)[C@H](O)[C@H]2O)[C@@H](O[C@@H]2O[C@H](C)[C@@H](O[C@@H]3O[C@H](C(=O)NC4(C/C=C/c5ccc(OCCNC(=O)OC(C)(C)C)cc5)C(=O)CCC4=O)[C@H](O)[C@H](O)[C@H]3O)[C@H](O)[C@H]2NC(C)=O)[C@H](O)[C@H]1NC(C)=O)C(=O)O. The molecule has 0 spiro atoms. The Morgan fingerprint density at radius 3 is 1.87 bits per heavy atom. The number of rotatable bonds is 44. The number of alkyl carbamates (subject to hydrolysis) is 1. The average Bonchev–Trinajstić information content (AvgIpc) is 1.52. The van der Waals surface area contributed by atoms with Crippen LogP contribution in [-0.2, 0) is 104 Å². The average molecular weight is 1860 g/mol. The van der Waals surface area contributed by atoms with Gasteiger partial charge in [0.2, 0.25) is 17.7 Å². The number of phosphoric acid groups is 1. The number of nitrogens with one attached hydrogen (secondary N) is 4. The smallest absolute Gasteiger partial charge is 0.474 e. The Kier molecular flexibility index (Phi) is 40.3. The molecule has 7 rings (SSSR count). The van der Waals surface area contributed by atoms with E-state index in [0.717, 1.165) is 64.0 Å². The number of hydrogen-bond donors (Lipinski definition) is 18. The fraction of sp³-hybridized carbons (Fsp3) is 0.682. The van der Waals surface area contributed by atoms with Crippen molar-refractivity contribution >= 4 is 67.2 Å². The van der Waals surface area contributed by atoms with Crippen LogP contribution in [0.1, 0.15) is 160 Å². The predicted octanol–water partition coefficient (Wildman–Crippen LogP) is 0.518. The zero-order valence-electron chi connectivity index (χ0n) is 74.5. The number of carboxylic acid groups (broad SMARTS) is 1. The number of Topliss-reactive ketones (excluding diaryl/α,β-unsaturated/α-hetero) is 2. The first-order chi connectivity index (χ1) is 60.3. The summed E-state index contributed by atoms with van der Waals surface area (Å²) in [7, 11) is -5.88. The van der Waals surface area contributed by atoms with Crippen molar-refractivity contribution in [2.24, 2.45) is 16.9 Å². The highest BCUT2D eigenvalue weighted by molar-refractivity contribution is 7.47. The highest BCUT2D eigenvalue weighted by Crippen LogP contribution is 2.49. The zero-order chi connectivity index (χ0) is 96.1. The monoisotopic (exact) mass is 1860 g/mol. The number of carbonyl (C=O) groups excluding carboxylic acids is 8. The molecule has 5 saturated heterocycles. The van der Waals surface area contributed by atoms with Gasteiger partial charge >= 0.3 is 26.0 Å². The molecule has 129 heavy (non-hydrogen) atoms. The summed E-state index contributed by atoms with van der Waals surface area (Å²) >= 11 is 0. The molecule has 6 fully saturated rings. The number of carbonyl (C=O) groups is 9. The fourth-order valence-electron chi connectivity index (χ4n) is 14.9. The van der Waals surface area contributed by atoms with Crippen LogP contribution in [0.3, 0.4) is 0 Å². The van der Waals surface area contributed by atoms with Crippen LogP contribution in [0.2, 0.25) is 0 Å². The molecular weight excluding hydrogens is 1730 g/mol. The van der Waals surface area contributed by atoms with E-state index >= 15 is 0 Å². The number of aliphatic carboxylic acids is 1. The van der Waals surface area contributed by atoms with Gasteiger partial charge < -0.3 is 155 Å². The van der Waals surface area contributed by atoms with Crippen molar-refractivity contribution in [3.8, 4) is 5.75 Å². The normalized spacial score (nSPS) is 32.4. The predicted molar refractivity (Wildman–Crippen MR) is 450 cm³/mol. The Labute approximate surface area is 746 Å². The summed E-state index contributed by atoms with van der Waals surface area (Å²) in [4.78, 5) is 131. The lowest BCUT2D eigenvalue weighted by Crippen LogP contribution is -2.72. The van der Waals surface area contributed by atoms with Crippen molar-refractivity contribution in [3.63, 3.8) is 0 Å². The fourth-order valence-corrected chi connectivity index (χ4v) is 15.7. The van der Waals surface area contributed by atoms with Gasteiger partial charge in [0.1, 0.15) is 109 Å². The Balaban J connectivity index is 1.10. The molecular formula is C85H129N6O37P. The molecule has 1 aliphatic carbocycles. The van der Waals surface area contributed by atoms with E-state index < -0.39 is 258 Å². The minimum absolute atomic E-state index is 0.0865. The standard InChI is InChI=1S/C85H129N6O37P/c1-42(2)19-17-21-43(3)23-24-45(5)31-35-83(12,13)33-16-15-20-44(4)32-37-115-53(74(107)108)41-117-129(112,113)128-79-69(70(126-80(87)109)84(14,111)71(125-79)72(86)105)124-76-57(90-48(8)94)60(99)67(52(120-76)40-116-77-64(103)61(100)58(97)51(39-92)119-77)122-75-56(89-47(7)93)59(98)66(46(6)118-75)121-78-65(104)62(101)63(102)68(123-78)73(106)91-85(54(95)29-30-55(85)96)34-18-22-49-25-27-50(28-26-49)114-38-36-88-81(110)127-82(9,10)11/h16,18-19,22-23,25-28,32-33,46,51-53,56-71,75-79,92,97-104,111H,5,15,17,20-21,24,29-31,34-41H2,1-4,6-14H3,(H2,86,105)(H2,87,109)(H,88,110)(H,89,93)(H,90,94)(H,91,106)(H,107,108)(H,112,113)/b22-18+,33-16+,43-23+,44-32-/t46-,51-,52-,53-,56-,57-,58-,59-,60-,61+,62+,63-,64-,65-,66-,67-,68+,69-,70-,71-,75+,76+,77-,78-,79-,84+/m1/s1. The van der Waals surface area contributed by atoms with Gasteiger partial charge in [0.05, 0.1) is 39.1 Å². The second kappa shape index (κ2) is 48.1. The van der Waals surface area contributed by atoms with Crippen molar-refractivity contribution in [3.05, 3.63) is 95.2 Å². The molecule has 1 aromatic rings. The number of aliphatic hydroxyl groups is 10. The molecule has 5 heterocycles. The summed E-state index contributed by atoms with van der Waals surface area (Å²) in [6.07, 6.45) is -35.1. The lowest BCUT2D eigenvalue weighted by Gasteiger charge is -2.52. The summed E-state index contributed by atoms with van der Waals surface area (Å²) in [5, 5.41) is 134. The van der Waals surface area contributed by atoms with Crippen molar-refractivity contribution in [2.75, 3.05) is 39.6 Å². The number of aliphatic hydroxyl groups excluding tert-OH is 9. The molecule has 1 saturated carbocycles. The maximum atomic E-state index is 14.4. The molecule has 0 aromatic heterocycles. The van der Waals surface area contributed by atoms with E-state index in [9.17, 15) is 109 Å². The topological polar surface area (TPSA) is 652 Å². The summed E-state index contributed by atoms with van der Waals surface area (Å²) < 4.78 is 101. The van der Waals surface area contributed by atoms with Gasteiger partial charge in [-0.1, -0.05) is 97.4 Å². The minimum atomic E-state index is -5.88. The quantitative estimate of drug-likeness (QED) is 0.0183. The number of nitrogens with two attached hydrogens (primary N) is 2. The van der Waals surface area contributed by atoms with Gasteiger partial charge in [0.25, 0.3) is 5.91 Å². The summed E-state index contributed by atoms with van der Waals surface area (Å²) in [5.41, 5.74) is 10.1. The van der Waals surface area contributed by atoms with Crippen LogP contribution in [0.4, 0.5) is 9.59 Å². The summed E-state index contributed by atoms with van der Waals surface area (Å²) in [5.74, 6) is -7.67. The van der Waals surface area contributed by atoms with Crippen LogP contribution in [-0.4, -0.2) is 324 Å². The van der Waals surface area contributed by atoms with Gasteiger partial charge in [-0.3, -0.25) is 37.8 Å². The molecule has 0 bridgehead atoms. The Hall–Kier alpha value is -8.00. The third kappa shape index (κ3) is 31.0. The second-order valence-electron chi connectivity index (χ2n) is 34.8. The van der Waals surface area contributed by atoms with Gasteiger partial charge in [-0.2, -0.15) is 0 Å². The number of carboxylic acids is 1. The van der Waals surface area contributed by atoms with E-state index in [1.807, 2.05) is 6.08 Å². The van der Waals surface area contributed by atoms with E-state index in [1.165, 1.54) is 30.2 Å². The van der Waals surface area contributed by atoms with Crippen LogP contribution in [0, 0.1) is 5.41 Å². The molecule has 1 aromatic carbocycles. The van der Waals surface area contributed by atoms with Crippen LogP contribution in [0.15, 0.2) is 89.6 Å².